The molecule has 142 valence electrons. The molecule has 2 aliphatic rings. The van der Waals surface area contributed by atoms with E-state index in [1.54, 1.807) is 17.4 Å². The average Bonchev–Trinajstić information content (AvgIpc) is 3.33. The molecule has 0 saturated carbocycles. The van der Waals surface area contributed by atoms with Crippen LogP contribution in [-0.2, 0) is 4.79 Å². The first kappa shape index (κ1) is 18.0. The molecule has 7 heteroatoms. The number of nitrogens with one attached hydrogen (secondary N) is 2. The molecule has 4 rings (SSSR count). The summed E-state index contributed by atoms with van der Waals surface area (Å²) in [5.41, 5.74) is 2.31. The zero-order valence-corrected chi connectivity index (χ0v) is 16.4. The maximum absolute atomic E-state index is 12.7. The van der Waals surface area contributed by atoms with E-state index in [0.717, 1.165) is 30.8 Å². The van der Waals surface area contributed by atoms with Crippen LogP contribution in [0.1, 0.15) is 34.1 Å². The van der Waals surface area contributed by atoms with E-state index >= 15 is 0 Å². The smallest absolute Gasteiger partial charge is 0.251 e. The van der Waals surface area contributed by atoms with Gasteiger partial charge >= 0.3 is 0 Å². The van der Waals surface area contributed by atoms with E-state index in [9.17, 15) is 9.59 Å². The largest absolute Gasteiger partial charge is 0.358 e. The number of rotatable bonds is 5. The molecular formula is C20H24N4O2S. The molecular weight excluding hydrogens is 360 g/mol. The van der Waals surface area contributed by atoms with Crippen LogP contribution in [0.25, 0.3) is 0 Å². The molecule has 2 atom stereocenters. The molecule has 0 radical (unpaired) electrons. The molecule has 3 heterocycles. The highest BCUT2D eigenvalue weighted by molar-refractivity contribution is 7.10. The van der Waals surface area contributed by atoms with Crippen LogP contribution in [0.4, 0.5) is 11.4 Å². The zero-order chi connectivity index (χ0) is 19.0. The highest BCUT2D eigenvalue weighted by atomic mass is 32.1. The van der Waals surface area contributed by atoms with Gasteiger partial charge in [0.15, 0.2) is 0 Å². The lowest BCUT2D eigenvalue weighted by Crippen LogP contribution is -2.44. The van der Waals surface area contributed by atoms with Crippen molar-refractivity contribution in [3.05, 3.63) is 46.2 Å². The van der Waals surface area contributed by atoms with Gasteiger partial charge in [-0.2, -0.15) is 0 Å². The zero-order valence-electron chi connectivity index (χ0n) is 15.6. The van der Waals surface area contributed by atoms with Crippen LogP contribution >= 0.6 is 11.3 Å². The van der Waals surface area contributed by atoms with Gasteiger partial charge in [0.1, 0.15) is 6.04 Å². The molecule has 1 saturated heterocycles. The van der Waals surface area contributed by atoms with E-state index in [4.69, 9.17) is 0 Å². The highest BCUT2D eigenvalue weighted by Crippen LogP contribution is 2.37. The van der Waals surface area contributed by atoms with E-state index in [1.165, 1.54) is 4.88 Å². The normalized spacial score (nSPS) is 19.4. The molecule has 2 aliphatic heterocycles. The predicted octanol–water partition coefficient (Wildman–Crippen LogP) is 2.70. The standard InChI is InChI=1S/C20H24N4O2S/c1-23(2)17(18-6-4-10-27-18)12-21-19(25)13-7-8-15-14(11-13)22-20(26)16-5-3-9-24(15)16/h4,6-8,10-11,16-17H,3,5,9,12H2,1-2H3,(H,21,25)(H,22,26)/t16-,17-/m1/s1. The van der Waals surface area contributed by atoms with Crippen molar-refractivity contribution in [1.82, 2.24) is 10.2 Å². The number of carbonyl (C=O) groups is 2. The van der Waals surface area contributed by atoms with Crippen LogP contribution in [0.3, 0.4) is 0 Å². The minimum Gasteiger partial charge on any atom is -0.358 e. The van der Waals surface area contributed by atoms with Crippen molar-refractivity contribution in [1.29, 1.82) is 0 Å². The number of nitrogens with zero attached hydrogens (tertiary/aromatic N) is 2. The fourth-order valence-corrected chi connectivity index (χ4v) is 4.80. The van der Waals surface area contributed by atoms with Crippen molar-refractivity contribution in [2.45, 2.75) is 24.9 Å². The second-order valence-electron chi connectivity index (χ2n) is 7.28. The first-order chi connectivity index (χ1) is 13.0. The second-order valence-corrected chi connectivity index (χ2v) is 8.26. The van der Waals surface area contributed by atoms with Crippen molar-refractivity contribution in [3.63, 3.8) is 0 Å². The number of hydrogen-bond donors (Lipinski definition) is 2. The summed E-state index contributed by atoms with van der Waals surface area (Å²) in [6, 6.07) is 9.76. The summed E-state index contributed by atoms with van der Waals surface area (Å²) in [7, 11) is 4.02. The molecule has 6 nitrogen and oxygen atoms in total. The van der Waals surface area contributed by atoms with Crippen LogP contribution in [-0.4, -0.2) is 49.9 Å². The van der Waals surface area contributed by atoms with Gasteiger partial charge in [0.25, 0.3) is 5.91 Å². The molecule has 0 aliphatic carbocycles. The monoisotopic (exact) mass is 384 g/mol. The number of anilines is 2. The molecule has 1 fully saturated rings. The Kier molecular flexibility index (Phi) is 4.88. The summed E-state index contributed by atoms with van der Waals surface area (Å²) < 4.78 is 0. The van der Waals surface area contributed by atoms with E-state index in [2.05, 4.69) is 26.5 Å². The van der Waals surface area contributed by atoms with Gasteiger partial charge in [0.05, 0.1) is 17.4 Å². The van der Waals surface area contributed by atoms with Gasteiger partial charge in [0.2, 0.25) is 5.91 Å². The lowest BCUT2D eigenvalue weighted by atomic mass is 10.1. The minimum atomic E-state index is -0.126. The van der Waals surface area contributed by atoms with Gasteiger partial charge in [-0.05, 0) is 56.6 Å². The first-order valence-corrected chi connectivity index (χ1v) is 10.1. The van der Waals surface area contributed by atoms with Gasteiger partial charge in [-0.15, -0.1) is 11.3 Å². The van der Waals surface area contributed by atoms with Crippen molar-refractivity contribution in [2.24, 2.45) is 0 Å². The summed E-state index contributed by atoms with van der Waals surface area (Å²) in [5.74, 6) is -0.0954. The van der Waals surface area contributed by atoms with Crippen LogP contribution in [0, 0.1) is 0 Å². The lowest BCUT2D eigenvalue weighted by Gasteiger charge is -2.33. The van der Waals surface area contributed by atoms with Gasteiger partial charge < -0.3 is 20.4 Å². The van der Waals surface area contributed by atoms with Crippen LogP contribution in [0.15, 0.2) is 35.7 Å². The predicted molar refractivity (Wildman–Crippen MR) is 109 cm³/mol. The summed E-state index contributed by atoms with van der Waals surface area (Å²) in [6.45, 7) is 1.42. The van der Waals surface area contributed by atoms with Crippen LogP contribution in [0.5, 0.6) is 0 Å². The fraction of sp³-hybridized carbons (Fsp3) is 0.400. The van der Waals surface area contributed by atoms with E-state index in [1.807, 2.05) is 37.7 Å². The quantitative estimate of drug-likeness (QED) is 0.832. The molecule has 0 spiro atoms. The van der Waals surface area contributed by atoms with Crippen LogP contribution < -0.4 is 15.5 Å². The number of hydrogen-bond acceptors (Lipinski definition) is 5. The molecule has 1 aromatic carbocycles. The summed E-state index contributed by atoms with van der Waals surface area (Å²) in [5, 5.41) is 8.04. The Balaban J connectivity index is 1.48. The third kappa shape index (κ3) is 3.44. The fourth-order valence-electron chi connectivity index (χ4n) is 3.88. The Bertz CT molecular complexity index is 850. The third-order valence-electron chi connectivity index (χ3n) is 5.33. The number of thiophene rings is 1. The number of fused-ring (bicyclic) bond motifs is 3. The molecule has 2 amide bonds. The van der Waals surface area contributed by atoms with Crippen molar-refractivity contribution in [2.75, 3.05) is 37.4 Å². The SMILES string of the molecule is CN(C)[C@H](CNC(=O)c1ccc2c(c1)NC(=O)[C@H]1CCCN21)c1cccs1. The average molecular weight is 385 g/mol. The van der Waals surface area contributed by atoms with E-state index in [0.29, 0.717) is 12.1 Å². The molecule has 0 unspecified atom stereocenters. The van der Waals surface area contributed by atoms with Gasteiger partial charge in [-0.3, -0.25) is 9.59 Å². The maximum Gasteiger partial charge on any atom is 0.251 e. The Morgan fingerprint density at radius 1 is 1.41 bits per heavy atom. The highest BCUT2D eigenvalue weighted by Gasteiger charge is 2.36. The molecule has 2 N–H and O–H groups in total. The number of benzene rings is 1. The summed E-state index contributed by atoms with van der Waals surface area (Å²) >= 11 is 1.69. The molecule has 27 heavy (non-hydrogen) atoms. The Labute approximate surface area is 163 Å². The van der Waals surface area contributed by atoms with E-state index in [-0.39, 0.29) is 23.9 Å². The Hall–Kier alpha value is -2.38. The summed E-state index contributed by atoms with van der Waals surface area (Å²) in [4.78, 5) is 30.4. The third-order valence-corrected chi connectivity index (χ3v) is 6.31. The van der Waals surface area contributed by atoms with Crippen molar-refractivity contribution >= 4 is 34.5 Å². The van der Waals surface area contributed by atoms with E-state index < -0.39 is 0 Å². The first-order valence-electron chi connectivity index (χ1n) is 9.24. The van der Waals surface area contributed by atoms with Gasteiger partial charge in [0, 0.05) is 23.5 Å². The lowest BCUT2D eigenvalue weighted by molar-refractivity contribution is -0.117. The number of likely N-dealkylation sites (N-methyl/N-ethyl adjacent to an activating group) is 1. The molecule has 2 aromatic rings. The second kappa shape index (κ2) is 7.32. The summed E-state index contributed by atoms with van der Waals surface area (Å²) in [6.07, 6.45) is 1.91. The maximum atomic E-state index is 12.7. The molecule has 0 bridgehead atoms. The Morgan fingerprint density at radius 2 is 2.26 bits per heavy atom. The topological polar surface area (TPSA) is 64.7 Å². The van der Waals surface area contributed by atoms with Crippen molar-refractivity contribution < 1.29 is 9.59 Å². The van der Waals surface area contributed by atoms with Gasteiger partial charge in [-0.25, -0.2) is 0 Å². The van der Waals surface area contributed by atoms with Crippen molar-refractivity contribution in [3.8, 4) is 0 Å². The Morgan fingerprint density at radius 3 is 3.00 bits per heavy atom. The minimum absolute atomic E-state index is 0.0305. The van der Waals surface area contributed by atoms with Gasteiger partial charge in [-0.1, -0.05) is 6.07 Å². The molecule has 1 aromatic heterocycles. The number of carbonyl (C=O) groups excluding carboxylic acids is 2. The van der Waals surface area contributed by atoms with Crippen LogP contribution in [0.2, 0.25) is 0 Å². The number of amides is 2.